The maximum absolute atomic E-state index is 12.7. The van der Waals surface area contributed by atoms with Crippen LogP contribution in [0.15, 0.2) is 83.6 Å². The van der Waals surface area contributed by atoms with E-state index in [1.807, 2.05) is 84.0 Å². The Hall–Kier alpha value is -4.13. The van der Waals surface area contributed by atoms with Crippen molar-refractivity contribution in [3.05, 3.63) is 94.7 Å². The Morgan fingerprint density at radius 2 is 1.66 bits per heavy atom. The van der Waals surface area contributed by atoms with Crippen molar-refractivity contribution in [2.24, 2.45) is 0 Å². The van der Waals surface area contributed by atoms with Gasteiger partial charge in [-0.2, -0.15) is 0 Å². The van der Waals surface area contributed by atoms with Crippen LogP contribution >= 0.6 is 0 Å². The second-order valence-electron chi connectivity index (χ2n) is 10.4. The van der Waals surface area contributed by atoms with E-state index in [4.69, 9.17) is 9.47 Å². The third kappa shape index (κ3) is 9.78. The number of carbonyl (C=O) groups excluding carboxylic acids is 3. The van der Waals surface area contributed by atoms with Crippen molar-refractivity contribution in [1.82, 2.24) is 5.32 Å². The number of nitrogens with zero attached hydrogens (tertiary/aromatic N) is 1. The highest BCUT2D eigenvalue weighted by Gasteiger charge is 2.23. The Bertz CT molecular complexity index is 1270. The molecule has 0 spiro atoms. The lowest BCUT2D eigenvalue weighted by Gasteiger charge is -2.25. The predicted molar refractivity (Wildman–Crippen MR) is 165 cm³/mol. The van der Waals surface area contributed by atoms with Crippen LogP contribution in [-0.4, -0.2) is 44.0 Å². The number of esters is 1. The first-order chi connectivity index (χ1) is 19.5. The summed E-state index contributed by atoms with van der Waals surface area (Å²) in [4.78, 5) is 39.3. The smallest absolute Gasteiger partial charge is 0.313 e. The van der Waals surface area contributed by atoms with Gasteiger partial charge in [-0.05, 0) is 94.7 Å². The minimum Gasteiger partial charge on any atom is -0.497 e. The number of carbonyl (C=O) groups is 3. The molecule has 0 aliphatic heterocycles. The van der Waals surface area contributed by atoms with E-state index in [-0.39, 0.29) is 17.8 Å². The standard InChI is InChI=1S/C32H38N2O5.C2H6/c1-7-34(28-16-10-23(11-17-28)22(2)31(37)39-32(3,4)5)20-25-8-14-27(15-9-26(25)21-35)33-30(36)24-12-18-29(38-6)19-13-24;1-2/h8,10-19,21-22H,7,9,20H2,1-6H3,(H,33,36);1-2H3. The van der Waals surface area contributed by atoms with E-state index >= 15 is 0 Å². The van der Waals surface area contributed by atoms with E-state index in [0.717, 1.165) is 29.7 Å². The molecule has 3 rings (SSSR count). The molecule has 7 heteroatoms. The second kappa shape index (κ2) is 15.6. The Kier molecular flexibility index (Phi) is 12.6. The van der Waals surface area contributed by atoms with Crippen LogP contribution in [0.25, 0.3) is 0 Å². The third-order valence-electron chi connectivity index (χ3n) is 6.43. The molecule has 0 radical (unpaired) electrons. The summed E-state index contributed by atoms with van der Waals surface area (Å²) in [6, 6.07) is 14.7. The summed E-state index contributed by atoms with van der Waals surface area (Å²) >= 11 is 0. The van der Waals surface area contributed by atoms with Crippen LogP contribution in [0.4, 0.5) is 5.69 Å². The molecule has 1 aliphatic rings. The van der Waals surface area contributed by atoms with Crippen LogP contribution in [-0.2, 0) is 14.3 Å². The van der Waals surface area contributed by atoms with Gasteiger partial charge in [0.2, 0.25) is 0 Å². The maximum atomic E-state index is 12.7. The molecule has 1 unspecified atom stereocenters. The molecule has 2 aromatic rings. The number of benzene rings is 2. The van der Waals surface area contributed by atoms with Crippen molar-refractivity contribution < 1.29 is 23.9 Å². The number of allylic oxidation sites excluding steroid dienone is 3. The molecule has 0 saturated carbocycles. The molecule has 1 amide bonds. The van der Waals surface area contributed by atoms with Crippen LogP contribution < -0.4 is 15.0 Å². The Morgan fingerprint density at radius 3 is 2.20 bits per heavy atom. The zero-order chi connectivity index (χ0) is 30.6. The summed E-state index contributed by atoms with van der Waals surface area (Å²) < 4.78 is 10.7. The Labute approximate surface area is 244 Å². The molecule has 0 fully saturated rings. The minimum atomic E-state index is -0.534. The molecule has 1 N–H and O–H groups in total. The van der Waals surface area contributed by atoms with Gasteiger partial charge in [0.25, 0.3) is 5.91 Å². The molecule has 0 bridgehead atoms. The molecular weight excluding hydrogens is 516 g/mol. The maximum Gasteiger partial charge on any atom is 0.313 e. The number of methoxy groups -OCH3 is 1. The van der Waals surface area contributed by atoms with Crippen molar-refractivity contribution in [1.29, 1.82) is 0 Å². The quantitative estimate of drug-likeness (QED) is 0.255. The van der Waals surface area contributed by atoms with Crippen LogP contribution in [0.5, 0.6) is 5.75 Å². The van der Waals surface area contributed by atoms with Gasteiger partial charge in [0.1, 0.15) is 17.6 Å². The summed E-state index contributed by atoms with van der Waals surface area (Å²) in [6.07, 6.45) is 6.85. The number of nitrogens with one attached hydrogen (secondary N) is 1. The molecule has 2 aromatic carbocycles. The normalized spacial score (nSPS) is 13.6. The van der Waals surface area contributed by atoms with Gasteiger partial charge in [-0.3, -0.25) is 14.4 Å². The van der Waals surface area contributed by atoms with Gasteiger partial charge < -0.3 is 19.7 Å². The van der Waals surface area contributed by atoms with Crippen LogP contribution in [0.2, 0.25) is 0 Å². The van der Waals surface area contributed by atoms with E-state index < -0.39 is 5.60 Å². The highest BCUT2D eigenvalue weighted by molar-refractivity contribution is 5.95. The van der Waals surface area contributed by atoms with Gasteiger partial charge in [0.15, 0.2) is 0 Å². The topological polar surface area (TPSA) is 84.9 Å². The molecule has 1 atom stereocenters. The first-order valence-corrected chi connectivity index (χ1v) is 14.1. The predicted octanol–water partition coefficient (Wildman–Crippen LogP) is 6.76. The summed E-state index contributed by atoms with van der Waals surface area (Å²) in [5.74, 6) is -0.188. The van der Waals surface area contributed by atoms with Gasteiger partial charge in [-0.15, -0.1) is 0 Å². The fraction of sp³-hybridized carbons (Fsp3) is 0.382. The molecule has 0 saturated heterocycles. The summed E-state index contributed by atoms with van der Waals surface area (Å²) in [5, 5.41) is 2.92. The number of rotatable bonds is 10. The average Bonchev–Trinajstić information content (AvgIpc) is 3.17. The second-order valence-corrected chi connectivity index (χ2v) is 10.4. The lowest BCUT2D eigenvalue weighted by Crippen LogP contribution is -2.27. The first-order valence-electron chi connectivity index (χ1n) is 14.1. The Balaban J connectivity index is 0.00000287. The van der Waals surface area contributed by atoms with E-state index in [2.05, 4.69) is 17.1 Å². The molecule has 220 valence electrons. The largest absolute Gasteiger partial charge is 0.497 e. The lowest BCUT2D eigenvalue weighted by molar-refractivity contribution is -0.156. The number of likely N-dealkylation sites (N-methyl/N-ethyl adjacent to an activating group) is 1. The number of anilines is 1. The molecule has 0 heterocycles. The number of aldehydes is 1. The molecule has 0 aromatic heterocycles. The van der Waals surface area contributed by atoms with Crippen molar-refractivity contribution in [3.8, 4) is 5.75 Å². The fourth-order valence-corrected chi connectivity index (χ4v) is 4.12. The number of amides is 1. The third-order valence-corrected chi connectivity index (χ3v) is 6.43. The minimum absolute atomic E-state index is 0.236. The monoisotopic (exact) mass is 560 g/mol. The first kappa shape index (κ1) is 33.1. The van der Waals surface area contributed by atoms with Gasteiger partial charge in [0, 0.05) is 35.6 Å². The van der Waals surface area contributed by atoms with Crippen molar-refractivity contribution >= 4 is 23.9 Å². The highest BCUT2D eigenvalue weighted by atomic mass is 16.6. The molecule has 7 nitrogen and oxygen atoms in total. The molecular formula is C34H44N2O5. The summed E-state index contributed by atoms with van der Waals surface area (Å²) in [5.41, 5.74) is 4.01. The fourth-order valence-electron chi connectivity index (χ4n) is 4.12. The molecule has 1 aliphatic carbocycles. The van der Waals surface area contributed by atoms with Gasteiger partial charge in [-0.1, -0.05) is 38.1 Å². The van der Waals surface area contributed by atoms with E-state index in [0.29, 0.717) is 35.5 Å². The highest BCUT2D eigenvalue weighted by Crippen LogP contribution is 2.25. The van der Waals surface area contributed by atoms with Gasteiger partial charge in [-0.25, -0.2) is 0 Å². The van der Waals surface area contributed by atoms with E-state index in [9.17, 15) is 14.4 Å². The number of hydrogen-bond donors (Lipinski definition) is 1. The van der Waals surface area contributed by atoms with E-state index in [1.165, 1.54) is 0 Å². The summed E-state index contributed by atoms with van der Waals surface area (Å²) in [7, 11) is 1.58. The van der Waals surface area contributed by atoms with Crippen LogP contribution in [0.1, 0.15) is 76.7 Å². The van der Waals surface area contributed by atoms with Crippen molar-refractivity contribution in [2.45, 2.75) is 66.4 Å². The zero-order valence-corrected chi connectivity index (χ0v) is 25.6. The van der Waals surface area contributed by atoms with Crippen LogP contribution in [0, 0.1) is 0 Å². The number of hydrogen-bond acceptors (Lipinski definition) is 6. The van der Waals surface area contributed by atoms with E-state index in [1.54, 1.807) is 31.4 Å². The molecule has 41 heavy (non-hydrogen) atoms. The zero-order valence-electron chi connectivity index (χ0n) is 25.6. The van der Waals surface area contributed by atoms with Gasteiger partial charge >= 0.3 is 5.97 Å². The Morgan fingerprint density at radius 1 is 1.02 bits per heavy atom. The average molecular weight is 561 g/mol. The lowest BCUT2D eigenvalue weighted by atomic mass is 10.00. The summed E-state index contributed by atoms with van der Waals surface area (Å²) in [6.45, 7) is 14.7. The number of ether oxygens (including phenoxy) is 2. The van der Waals surface area contributed by atoms with Gasteiger partial charge in [0.05, 0.1) is 13.0 Å². The van der Waals surface area contributed by atoms with Crippen molar-refractivity contribution in [3.63, 3.8) is 0 Å². The SMILES string of the molecule is CC.CCN(CC1=C(C=O)CC=C(NC(=O)c2ccc(OC)cc2)C=C1)c1ccc(C(C)C(=O)OC(C)(C)C)cc1. The van der Waals surface area contributed by atoms with Crippen molar-refractivity contribution in [2.75, 3.05) is 25.1 Å². The van der Waals surface area contributed by atoms with Crippen LogP contribution in [0.3, 0.4) is 0 Å².